The number of carbonyl (C=O) groups is 2. The molecule has 3 rings (SSSR count). The minimum Gasteiger partial charge on any atom is -0.368 e. The van der Waals surface area contributed by atoms with Crippen molar-refractivity contribution >= 4 is 27.7 Å². The zero-order valence-corrected chi connectivity index (χ0v) is 14.5. The van der Waals surface area contributed by atoms with Gasteiger partial charge in [-0.25, -0.2) is 0 Å². The monoisotopic (exact) mass is 384 g/mol. The van der Waals surface area contributed by atoms with Crippen LogP contribution in [-0.4, -0.2) is 17.9 Å². The highest BCUT2D eigenvalue weighted by Gasteiger charge is 2.34. The number of nitrogens with one attached hydrogen (secondary N) is 1. The van der Waals surface area contributed by atoms with Crippen LogP contribution in [0.4, 0.5) is 0 Å². The van der Waals surface area contributed by atoms with Gasteiger partial charge < -0.3 is 11.1 Å². The zero-order valence-electron chi connectivity index (χ0n) is 13.0. The summed E-state index contributed by atoms with van der Waals surface area (Å²) in [4.78, 5) is 24.5. The fourth-order valence-corrected chi connectivity index (χ4v) is 3.46. The lowest BCUT2D eigenvalue weighted by Crippen LogP contribution is -2.46. The molecule has 0 bridgehead atoms. The molecule has 0 heterocycles. The van der Waals surface area contributed by atoms with Crippen LogP contribution in [0.3, 0.4) is 0 Å². The number of rotatable bonds is 5. The Morgan fingerprint density at radius 3 is 2.04 bits per heavy atom. The number of halogens is 1. The van der Waals surface area contributed by atoms with Crippen LogP contribution in [0.5, 0.6) is 0 Å². The molecule has 2 aromatic carbocycles. The predicted molar refractivity (Wildman–Crippen MR) is 97.5 cm³/mol. The van der Waals surface area contributed by atoms with E-state index in [1.165, 1.54) is 0 Å². The summed E-state index contributed by atoms with van der Waals surface area (Å²) in [5, 5.41) is 2.77. The van der Waals surface area contributed by atoms with Gasteiger partial charge in [-0.2, -0.15) is 0 Å². The smallest absolute Gasteiger partial charge is 0.240 e. The van der Waals surface area contributed by atoms with Gasteiger partial charge in [0.2, 0.25) is 11.8 Å². The summed E-state index contributed by atoms with van der Waals surface area (Å²) in [6.45, 7) is 3.71. The second-order valence-electron chi connectivity index (χ2n) is 5.79. The van der Waals surface area contributed by atoms with Gasteiger partial charge in [-0.05, 0) is 26.7 Å². The van der Waals surface area contributed by atoms with E-state index >= 15 is 0 Å². The van der Waals surface area contributed by atoms with Gasteiger partial charge in [0, 0.05) is 6.42 Å². The van der Waals surface area contributed by atoms with Crippen molar-refractivity contribution < 1.29 is 9.59 Å². The number of carbonyl (C=O) groups excluding carboxylic acids is 2. The number of amides is 2. The van der Waals surface area contributed by atoms with E-state index in [0.717, 1.165) is 22.3 Å². The van der Waals surface area contributed by atoms with E-state index in [9.17, 15) is 9.59 Å². The lowest BCUT2D eigenvalue weighted by molar-refractivity contribution is -0.127. The summed E-state index contributed by atoms with van der Waals surface area (Å²) in [5.41, 5.74) is 9.39. The van der Waals surface area contributed by atoms with Crippen molar-refractivity contribution in [2.45, 2.75) is 18.4 Å². The number of primary amides is 1. The van der Waals surface area contributed by atoms with Crippen LogP contribution >= 0.6 is 15.9 Å². The van der Waals surface area contributed by atoms with Crippen LogP contribution < -0.4 is 11.1 Å². The minimum atomic E-state index is -0.788. The third-order valence-corrected chi connectivity index (χ3v) is 4.51. The number of hydrogen-bond donors (Lipinski definition) is 2. The molecule has 0 fully saturated rings. The van der Waals surface area contributed by atoms with Gasteiger partial charge in [0.15, 0.2) is 0 Å². The second-order valence-corrected chi connectivity index (χ2v) is 6.91. The number of benzene rings is 2. The van der Waals surface area contributed by atoms with E-state index < -0.39 is 17.9 Å². The van der Waals surface area contributed by atoms with E-state index in [2.05, 4.69) is 27.8 Å². The quantitative estimate of drug-likeness (QED) is 0.831. The Kier molecular flexibility index (Phi) is 4.53. The molecule has 0 unspecified atom stereocenters. The average Bonchev–Trinajstić information content (AvgIpc) is 2.88. The summed E-state index contributed by atoms with van der Waals surface area (Å²) < 4.78 is 0.610. The number of fused-ring (bicyclic) bond motifs is 3. The number of nitrogens with two attached hydrogens (primary N) is 1. The average molecular weight is 385 g/mol. The van der Waals surface area contributed by atoms with Crippen LogP contribution in [-0.2, 0) is 9.59 Å². The molecule has 1 aliphatic rings. The molecular formula is C19H17BrN2O2. The molecule has 0 spiro atoms. The maximum Gasteiger partial charge on any atom is 0.240 e. The summed E-state index contributed by atoms with van der Waals surface area (Å²) in [6, 6.07) is 14.9. The van der Waals surface area contributed by atoms with Crippen molar-refractivity contribution in [1.82, 2.24) is 5.32 Å². The van der Waals surface area contributed by atoms with Crippen molar-refractivity contribution in [1.29, 1.82) is 0 Å². The molecule has 0 radical (unpaired) electrons. The summed E-state index contributed by atoms with van der Waals surface area (Å²) in [7, 11) is 0. The van der Waals surface area contributed by atoms with Gasteiger partial charge in [0.05, 0.1) is 5.92 Å². The van der Waals surface area contributed by atoms with E-state index in [1.807, 2.05) is 48.5 Å². The molecule has 5 heteroatoms. The van der Waals surface area contributed by atoms with Gasteiger partial charge in [-0.3, -0.25) is 9.59 Å². The molecule has 4 nitrogen and oxygen atoms in total. The van der Waals surface area contributed by atoms with Crippen LogP contribution in [0.15, 0.2) is 59.6 Å². The van der Waals surface area contributed by atoms with E-state index in [-0.39, 0.29) is 12.3 Å². The lowest BCUT2D eigenvalue weighted by atomic mass is 9.95. The van der Waals surface area contributed by atoms with E-state index in [1.54, 1.807) is 0 Å². The van der Waals surface area contributed by atoms with Crippen molar-refractivity contribution in [2.24, 2.45) is 5.73 Å². The van der Waals surface area contributed by atoms with Crippen LogP contribution in [0.1, 0.15) is 23.5 Å². The van der Waals surface area contributed by atoms with E-state index in [0.29, 0.717) is 4.48 Å². The highest BCUT2D eigenvalue weighted by molar-refractivity contribution is 9.11. The van der Waals surface area contributed by atoms with Crippen molar-refractivity contribution in [3.63, 3.8) is 0 Å². The Balaban J connectivity index is 1.95. The van der Waals surface area contributed by atoms with Crippen LogP contribution in [0, 0.1) is 0 Å². The maximum absolute atomic E-state index is 12.9. The van der Waals surface area contributed by atoms with Crippen LogP contribution in [0.2, 0.25) is 0 Å². The second kappa shape index (κ2) is 6.61. The Labute approximate surface area is 148 Å². The number of hydrogen-bond acceptors (Lipinski definition) is 2. The van der Waals surface area contributed by atoms with Crippen molar-refractivity contribution in [2.75, 3.05) is 0 Å². The minimum absolute atomic E-state index is 0.232. The fourth-order valence-electron chi connectivity index (χ4n) is 3.14. The molecule has 2 aromatic rings. The first kappa shape index (κ1) is 16.5. The zero-order chi connectivity index (χ0) is 17.3. The Morgan fingerprint density at radius 2 is 1.58 bits per heavy atom. The highest BCUT2D eigenvalue weighted by atomic mass is 79.9. The topological polar surface area (TPSA) is 72.2 Å². The normalized spacial score (nSPS) is 13.7. The van der Waals surface area contributed by atoms with Gasteiger partial charge >= 0.3 is 0 Å². The molecule has 0 saturated carbocycles. The third-order valence-electron chi connectivity index (χ3n) is 4.18. The first-order valence-electron chi connectivity index (χ1n) is 7.60. The van der Waals surface area contributed by atoms with E-state index in [4.69, 9.17) is 5.73 Å². The highest BCUT2D eigenvalue weighted by Crippen LogP contribution is 2.44. The lowest BCUT2D eigenvalue weighted by Gasteiger charge is -2.19. The first-order valence-corrected chi connectivity index (χ1v) is 8.39. The molecule has 0 aliphatic heterocycles. The van der Waals surface area contributed by atoms with Crippen molar-refractivity contribution in [3.8, 4) is 11.1 Å². The Hall–Kier alpha value is -2.40. The maximum atomic E-state index is 12.9. The standard InChI is InChI=1S/C19H17BrN2O2/c1-11(20)10-16(18(21)23)22-19(24)17-14-8-4-2-6-12(14)13-7-3-5-9-15(13)17/h2-9,16-17H,1,10H2,(H2,21,23)(H,22,24)/t16-/m1/s1. The molecular weight excluding hydrogens is 368 g/mol. The predicted octanol–water partition coefficient (Wildman–Crippen LogP) is 3.07. The molecule has 24 heavy (non-hydrogen) atoms. The Bertz CT molecular complexity index is 786. The van der Waals surface area contributed by atoms with Gasteiger partial charge in [-0.1, -0.05) is 71.0 Å². The molecule has 1 aliphatic carbocycles. The molecule has 122 valence electrons. The summed E-state index contributed by atoms with van der Waals surface area (Å²) >= 11 is 3.21. The molecule has 1 atom stereocenters. The Morgan fingerprint density at radius 1 is 1.08 bits per heavy atom. The third kappa shape index (κ3) is 2.99. The van der Waals surface area contributed by atoms with Gasteiger partial charge in [-0.15, -0.1) is 0 Å². The SMILES string of the molecule is C=C(Br)C[C@@H](NC(=O)C1c2ccccc2-c2ccccc21)C(N)=O. The molecule has 0 saturated heterocycles. The first-order chi connectivity index (χ1) is 11.5. The summed E-state index contributed by atoms with van der Waals surface area (Å²) in [6.07, 6.45) is 0.261. The fraction of sp³-hybridized carbons (Fsp3) is 0.158. The van der Waals surface area contributed by atoms with Crippen LogP contribution in [0.25, 0.3) is 11.1 Å². The van der Waals surface area contributed by atoms with Gasteiger partial charge in [0.25, 0.3) is 0 Å². The van der Waals surface area contributed by atoms with Gasteiger partial charge in [0.1, 0.15) is 6.04 Å². The van der Waals surface area contributed by atoms with Crippen molar-refractivity contribution in [3.05, 3.63) is 70.7 Å². The molecule has 0 aromatic heterocycles. The largest absolute Gasteiger partial charge is 0.368 e. The summed E-state index contributed by atoms with van der Waals surface area (Å²) in [5.74, 6) is -1.25. The molecule has 3 N–H and O–H groups in total. The molecule has 2 amide bonds.